The highest BCUT2D eigenvalue weighted by atomic mass is 79.9. The molecule has 0 spiro atoms. The highest BCUT2D eigenvalue weighted by molar-refractivity contribution is 9.10. The summed E-state index contributed by atoms with van der Waals surface area (Å²) >= 11 is 3.35. The summed E-state index contributed by atoms with van der Waals surface area (Å²) in [5.74, 6) is 0.271. The highest BCUT2D eigenvalue weighted by Crippen LogP contribution is 2.32. The number of nitrogens with zero attached hydrogens (tertiary/aromatic N) is 4. The van der Waals surface area contributed by atoms with Crippen molar-refractivity contribution in [2.45, 2.75) is 12.7 Å². The quantitative estimate of drug-likeness (QED) is 0.417. The fourth-order valence-corrected chi connectivity index (χ4v) is 2.98. The molecule has 0 atom stereocenters. The van der Waals surface area contributed by atoms with Gasteiger partial charge in [0.05, 0.1) is 22.8 Å². The number of alkyl halides is 3. The Labute approximate surface area is 166 Å². The molecule has 2 aromatic carbocycles. The maximum absolute atomic E-state index is 12.9. The molecule has 0 aliphatic heterocycles. The van der Waals surface area contributed by atoms with E-state index in [1.165, 1.54) is 12.1 Å². The molecule has 0 bridgehead atoms. The summed E-state index contributed by atoms with van der Waals surface area (Å²) in [6.07, 6.45) is -0.853. The summed E-state index contributed by atoms with van der Waals surface area (Å²) < 4.78 is 46.9. The highest BCUT2D eigenvalue weighted by Gasteiger charge is 2.30. The molecule has 28 heavy (non-hydrogen) atoms. The minimum Gasteiger partial charge on any atom is -0.416 e. The predicted molar refractivity (Wildman–Crippen MR) is 99.2 cm³/mol. The van der Waals surface area contributed by atoms with Gasteiger partial charge >= 0.3 is 6.18 Å². The molecule has 9 heteroatoms. The van der Waals surface area contributed by atoms with Crippen LogP contribution in [0.5, 0.6) is 0 Å². The van der Waals surface area contributed by atoms with E-state index in [4.69, 9.17) is 4.42 Å². The SMILES string of the molecule is FC(F)(F)c1cccc(-c2nnc(-c3ccc(Cn4cc(Br)cn4)cc3)o2)c1. The lowest BCUT2D eigenvalue weighted by Gasteiger charge is -2.06. The number of hydrogen-bond acceptors (Lipinski definition) is 4. The van der Waals surface area contributed by atoms with Crippen LogP contribution in [0, 0.1) is 0 Å². The lowest BCUT2D eigenvalue weighted by Crippen LogP contribution is -2.04. The van der Waals surface area contributed by atoms with Gasteiger partial charge in [-0.2, -0.15) is 18.3 Å². The Hall–Kier alpha value is -2.94. The second-order valence-electron chi connectivity index (χ2n) is 6.04. The van der Waals surface area contributed by atoms with E-state index in [1.54, 1.807) is 10.9 Å². The molecule has 0 aliphatic rings. The van der Waals surface area contributed by atoms with Crippen molar-refractivity contribution in [1.29, 1.82) is 0 Å². The summed E-state index contributed by atoms with van der Waals surface area (Å²) in [6.45, 7) is 0.602. The summed E-state index contributed by atoms with van der Waals surface area (Å²) in [6, 6.07) is 12.2. The van der Waals surface area contributed by atoms with Crippen LogP contribution in [0.4, 0.5) is 13.2 Å². The zero-order chi connectivity index (χ0) is 19.7. The van der Waals surface area contributed by atoms with Crippen LogP contribution in [0.2, 0.25) is 0 Å². The van der Waals surface area contributed by atoms with E-state index >= 15 is 0 Å². The largest absolute Gasteiger partial charge is 0.416 e. The fraction of sp³-hybridized carbons (Fsp3) is 0.105. The van der Waals surface area contributed by atoms with Crippen LogP contribution >= 0.6 is 15.9 Å². The third-order valence-electron chi connectivity index (χ3n) is 4.01. The van der Waals surface area contributed by atoms with Gasteiger partial charge in [-0.15, -0.1) is 10.2 Å². The van der Waals surface area contributed by atoms with Crippen molar-refractivity contribution < 1.29 is 17.6 Å². The van der Waals surface area contributed by atoms with Gasteiger partial charge in [-0.25, -0.2) is 0 Å². The maximum Gasteiger partial charge on any atom is 0.416 e. The molecule has 0 saturated carbocycles. The number of aromatic nitrogens is 4. The number of hydrogen-bond donors (Lipinski definition) is 0. The minimum atomic E-state index is -4.43. The molecule has 0 radical (unpaired) electrons. The van der Waals surface area contributed by atoms with Crippen molar-refractivity contribution in [2.24, 2.45) is 0 Å². The molecule has 0 aliphatic carbocycles. The van der Waals surface area contributed by atoms with Crippen molar-refractivity contribution in [3.05, 3.63) is 76.5 Å². The predicted octanol–water partition coefficient (Wildman–Crippen LogP) is 5.43. The third-order valence-corrected chi connectivity index (χ3v) is 4.42. The number of halogens is 4. The third kappa shape index (κ3) is 3.99. The minimum absolute atomic E-state index is 0.0339. The van der Waals surface area contributed by atoms with Crippen LogP contribution in [0.15, 0.2) is 69.8 Å². The molecule has 2 aromatic heterocycles. The summed E-state index contributed by atoms with van der Waals surface area (Å²) in [5, 5.41) is 12.0. The Bertz CT molecular complexity index is 1100. The molecule has 142 valence electrons. The zero-order valence-electron chi connectivity index (χ0n) is 14.2. The van der Waals surface area contributed by atoms with Gasteiger partial charge in [0.1, 0.15) is 0 Å². The van der Waals surface area contributed by atoms with E-state index in [9.17, 15) is 13.2 Å². The van der Waals surface area contributed by atoms with E-state index in [0.29, 0.717) is 12.1 Å². The molecule has 0 unspecified atom stereocenters. The van der Waals surface area contributed by atoms with E-state index in [2.05, 4.69) is 31.2 Å². The smallest absolute Gasteiger partial charge is 0.416 e. The molecule has 0 N–H and O–H groups in total. The van der Waals surface area contributed by atoms with Crippen LogP contribution in [0.25, 0.3) is 22.9 Å². The molecule has 4 aromatic rings. The van der Waals surface area contributed by atoms with Crippen molar-refractivity contribution >= 4 is 15.9 Å². The van der Waals surface area contributed by atoms with E-state index in [-0.39, 0.29) is 17.3 Å². The molecular weight excluding hydrogens is 437 g/mol. The average Bonchev–Trinajstić information content (AvgIpc) is 3.31. The van der Waals surface area contributed by atoms with Crippen LogP contribution in [-0.2, 0) is 12.7 Å². The molecule has 2 heterocycles. The van der Waals surface area contributed by atoms with Gasteiger partial charge in [0, 0.05) is 17.3 Å². The van der Waals surface area contributed by atoms with Crippen molar-refractivity contribution in [3.8, 4) is 22.9 Å². The first-order valence-corrected chi connectivity index (χ1v) is 8.96. The summed E-state index contributed by atoms with van der Waals surface area (Å²) in [4.78, 5) is 0. The normalized spacial score (nSPS) is 11.7. The Kier molecular flexibility index (Phi) is 4.76. The molecular formula is C19H12BrF3N4O. The molecule has 0 saturated heterocycles. The molecule has 0 amide bonds. The fourth-order valence-electron chi connectivity index (χ4n) is 2.65. The monoisotopic (exact) mass is 448 g/mol. The summed E-state index contributed by atoms with van der Waals surface area (Å²) in [5.41, 5.74) is 1.15. The number of rotatable bonds is 4. The van der Waals surface area contributed by atoms with Gasteiger partial charge in [-0.05, 0) is 51.8 Å². The van der Waals surface area contributed by atoms with Crippen molar-refractivity contribution in [3.63, 3.8) is 0 Å². The second kappa shape index (κ2) is 7.23. The van der Waals surface area contributed by atoms with Crippen LogP contribution in [0.1, 0.15) is 11.1 Å². The number of benzene rings is 2. The standard InChI is InChI=1S/C19H12BrF3N4O/c20-16-9-24-27(11-16)10-12-4-6-13(7-5-12)17-25-26-18(28-17)14-2-1-3-15(8-14)19(21,22)23/h1-9,11H,10H2. The first-order valence-electron chi connectivity index (χ1n) is 8.17. The Morgan fingerprint density at radius 2 is 1.68 bits per heavy atom. The van der Waals surface area contributed by atoms with E-state index in [0.717, 1.165) is 22.2 Å². The van der Waals surface area contributed by atoms with Gasteiger partial charge in [0.25, 0.3) is 0 Å². The second-order valence-corrected chi connectivity index (χ2v) is 6.96. The van der Waals surface area contributed by atoms with Crippen molar-refractivity contribution in [1.82, 2.24) is 20.0 Å². The molecule has 5 nitrogen and oxygen atoms in total. The lowest BCUT2D eigenvalue weighted by molar-refractivity contribution is -0.137. The maximum atomic E-state index is 12.9. The topological polar surface area (TPSA) is 56.7 Å². The van der Waals surface area contributed by atoms with E-state index in [1.807, 2.05) is 30.5 Å². The van der Waals surface area contributed by atoms with Gasteiger partial charge in [-0.3, -0.25) is 4.68 Å². The molecule has 4 rings (SSSR count). The Balaban J connectivity index is 1.54. The van der Waals surface area contributed by atoms with Gasteiger partial charge in [0.2, 0.25) is 11.8 Å². The van der Waals surface area contributed by atoms with Crippen LogP contribution in [0.3, 0.4) is 0 Å². The Morgan fingerprint density at radius 1 is 0.964 bits per heavy atom. The van der Waals surface area contributed by atoms with E-state index < -0.39 is 11.7 Å². The average molecular weight is 449 g/mol. The van der Waals surface area contributed by atoms with Gasteiger partial charge < -0.3 is 4.42 Å². The van der Waals surface area contributed by atoms with Crippen LogP contribution < -0.4 is 0 Å². The summed E-state index contributed by atoms with van der Waals surface area (Å²) in [7, 11) is 0. The Morgan fingerprint density at radius 3 is 2.32 bits per heavy atom. The zero-order valence-corrected chi connectivity index (χ0v) is 15.8. The lowest BCUT2D eigenvalue weighted by atomic mass is 10.1. The van der Waals surface area contributed by atoms with Gasteiger partial charge in [0.15, 0.2) is 0 Å². The molecule has 0 fully saturated rings. The first-order chi connectivity index (χ1) is 13.4. The van der Waals surface area contributed by atoms with Crippen molar-refractivity contribution in [2.75, 3.05) is 0 Å². The van der Waals surface area contributed by atoms with Gasteiger partial charge in [-0.1, -0.05) is 18.2 Å². The first kappa shape index (κ1) is 18.4. The van der Waals surface area contributed by atoms with Crippen LogP contribution in [-0.4, -0.2) is 20.0 Å².